The molecule has 2 heteroatoms. The Hall–Kier alpha value is -0.0800. The Bertz CT molecular complexity index is 38.5. The summed E-state index contributed by atoms with van der Waals surface area (Å²) in [6.07, 6.45) is 0. The van der Waals surface area contributed by atoms with E-state index < -0.39 is 0 Å². The first-order chi connectivity index (χ1) is 5.31. The molecule has 0 bridgehead atoms. The van der Waals surface area contributed by atoms with Crippen molar-refractivity contribution >= 4 is 0 Å². The van der Waals surface area contributed by atoms with Gasteiger partial charge in [-0.25, -0.2) is 0 Å². The van der Waals surface area contributed by atoms with Crippen LogP contribution >= 0.6 is 0 Å². The zero-order valence-corrected chi connectivity index (χ0v) is 9.07. The van der Waals surface area contributed by atoms with E-state index >= 15 is 0 Å². The summed E-state index contributed by atoms with van der Waals surface area (Å²) >= 11 is 0. The number of likely N-dealkylation sites (N-methyl/N-ethyl adjacent to an activating group) is 1. The van der Waals surface area contributed by atoms with Crippen LogP contribution in [-0.2, 0) is 0 Å². The van der Waals surface area contributed by atoms with E-state index in [1.165, 1.54) is 0 Å². The topological polar surface area (TPSA) is 38.0 Å². The summed E-state index contributed by atoms with van der Waals surface area (Å²) in [5, 5.41) is 3.17. The Morgan fingerprint density at radius 1 is 1.18 bits per heavy atom. The molecular weight excluding hydrogens is 136 g/mol. The second-order valence-electron chi connectivity index (χ2n) is 1.69. The normalized spacial score (nSPS) is 10.1. The molecule has 0 fully saturated rings. The fourth-order valence-electron chi connectivity index (χ4n) is 0.432. The van der Waals surface area contributed by atoms with Crippen molar-refractivity contribution in [2.24, 2.45) is 5.73 Å². The molecular formula is C9H26N2. The molecule has 3 N–H and O–H groups in total. The summed E-state index contributed by atoms with van der Waals surface area (Å²) in [4.78, 5) is 0. The number of hydrogen-bond donors (Lipinski definition) is 2. The van der Waals surface area contributed by atoms with Crippen molar-refractivity contribution in [1.82, 2.24) is 5.32 Å². The molecule has 1 unspecified atom stereocenters. The van der Waals surface area contributed by atoms with E-state index in [9.17, 15) is 0 Å². The minimum atomic E-state index is 0.477. The first-order valence-corrected chi connectivity index (χ1v) is 4.74. The van der Waals surface area contributed by atoms with Crippen LogP contribution in [0.2, 0.25) is 0 Å². The average Bonchev–Trinajstić information content (AvgIpc) is 2.12. The molecule has 72 valence electrons. The molecule has 0 aliphatic rings. The Kier molecular flexibility index (Phi) is 35.1. The molecule has 0 aromatic carbocycles. The van der Waals surface area contributed by atoms with Gasteiger partial charge in [0.25, 0.3) is 0 Å². The van der Waals surface area contributed by atoms with E-state index in [0.29, 0.717) is 6.04 Å². The summed E-state index contributed by atoms with van der Waals surface area (Å²) in [7, 11) is 0. The maximum atomic E-state index is 5.30. The highest BCUT2D eigenvalue weighted by atomic mass is 14.9. The van der Waals surface area contributed by atoms with E-state index in [1.54, 1.807) is 0 Å². The van der Waals surface area contributed by atoms with Crippen molar-refractivity contribution in [1.29, 1.82) is 0 Å². The molecule has 0 aliphatic carbocycles. The van der Waals surface area contributed by atoms with Crippen molar-refractivity contribution in [2.45, 2.75) is 47.6 Å². The molecule has 0 aliphatic heterocycles. The Labute approximate surface area is 72.6 Å². The number of rotatable bonds is 3. The van der Waals surface area contributed by atoms with Crippen molar-refractivity contribution in [3.8, 4) is 0 Å². The zero-order valence-electron chi connectivity index (χ0n) is 9.07. The lowest BCUT2D eigenvalue weighted by atomic mass is 10.3. The van der Waals surface area contributed by atoms with Crippen LogP contribution in [0.3, 0.4) is 0 Å². The van der Waals surface area contributed by atoms with Crippen LogP contribution in [-0.4, -0.2) is 19.1 Å². The van der Waals surface area contributed by atoms with Crippen molar-refractivity contribution in [3.05, 3.63) is 0 Å². The van der Waals surface area contributed by atoms with Gasteiger partial charge in [-0.15, -0.1) is 0 Å². The average molecular weight is 162 g/mol. The second kappa shape index (κ2) is 22.5. The highest BCUT2D eigenvalue weighted by Gasteiger charge is 1.90. The minimum absolute atomic E-state index is 0.477. The molecule has 0 saturated heterocycles. The van der Waals surface area contributed by atoms with Gasteiger partial charge in [0.15, 0.2) is 0 Å². The van der Waals surface area contributed by atoms with E-state index in [2.05, 4.69) is 19.2 Å². The van der Waals surface area contributed by atoms with Gasteiger partial charge in [-0.05, 0) is 13.5 Å². The zero-order chi connectivity index (χ0) is 9.70. The van der Waals surface area contributed by atoms with Crippen LogP contribution < -0.4 is 11.1 Å². The third kappa shape index (κ3) is 25.7. The molecule has 0 aromatic heterocycles. The lowest BCUT2D eigenvalue weighted by Crippen LogP contribution is -2.32. The van der Waals surface area contributed by atoms with Crippen LogP contribution in [0.15, 0.2) is 0 Å². The summed E-state index contributed by atoms with van der Waals surface area (Å²) in [5.41, 5.74) is 5.30. The summed E-state index contributed by atoms with van der Waals surface area (Å²) in [6.45, 7) is 13.9. The highest BCUT2D eigenvalue weighted by Crippen LogP contribution is 1.71. The summed E-state index contributed by atoms with van der Waals surface area (Å²) < 4.78 is 0. The smallest absolute Gasteiger partial charge is 0.0161 e. The first-order valence-electron chi connectivity index (χ1n) is 4.74. The maximum absolute atomic E-state index is 5.30. The first kappa shape index (κ1) is 17.1. The molecule has 0 radical (unpaired) electrons. The van der Waals surface area contributed by atoms with Gasteiger partial charge in [-0.3, -0.25) is 0 Å². The Morgan fingerprint density at radius 2 is 1.55 bits per heavy atom. The molecule has 2 nitrogen and oxygen atoms in total. The van der Waals surface area contributed by atoms with Crippen LogP contribution in [0, 0.1) is 0 Å². The van der Waals surface area contributed by atoms with E-state index in [0.717, 1.165) is 13.1 Å². The molecule has 0 rings (SSSR count). The predicted octanol–water partition coefficient (Wildman–Crippen LogP) is 2.00. The minimum Gasteiger partial charge on any atom is -0.329 e. The SMILES string of the molecule is CC.CC.CCNC(C)CN. The maximum Gasteiger partial charge on any atom is 0.0161 e. The molecule has 0 heterocycles. The number of hydrogen-bond acceptors (Lipinski definition) is 2. The molecule has 0 spiro atoms. The van der Waals surface area contributed by atoms with Crippen LogP contribution in [0.4, 0.5) is 0 Å². The molecule has 1 atom stereocenters. The largest absolute Gasteiger partial charge is 0.329 e. The van der Waals surface area contributed by atoms with E-state index in [1.807, 2.05) is 27.7 Å². The van der Waals surface area contributed by atoms with Gasteiger partial charge in [-0.2, -0.15) is 0 Å². The van der Waals surface area contributed by atoms with Crippen molar-refractivity contribution < 1.29 is 0 Å². The lowest BCUT2D eigenvalue weighted by Gasteiger charge is -2.06. The highest BCUT2D eigenvalue weighted by molar-refractivity contribution is 4.56. The quantitative estimate of drug-likeness (QED) is 0.666. The fourth-order valence-corrected chi connectivity index (χ4v) is 0.432. The fraction of sp³-hybridized carbons (Fsp3) is 1.00. The summed E-state index contributed by atoms with van der Waals surface area (Å²) in [5.74, 6) is 0. The Balaban J connectivity index is -0.000000138. The van der Waals surface area contributed by atoms with Gasteiger partial charge in [-0.1, -0.05) is 34.6 Å². The molecule has 11 heavy (non-hydrogen) atoms. The molecule has 0 saturated carbocycles. The van der Waals surface area contributed by atoms with Crippen molar-refractivity contribution in [3.63, 3.8) is 0 Å². The third-order valence-corrected chi connectivity index (χ3v) is 0.906. The van der Waals surface area contributed by atoms with E-state index in [-0.39, 0.29) is 0 Å². The Morgan fingerprint density at radius 3 is 1.64 bits per heavy atom. The number of nitrogens with one attached hydrogen (secondary N) is 1. The number of nitrogens with two attached hydrogens (primary N) is 1. The molecule has 0 amide bonds. The molecule has 0 aromatic rings. The standard InChI is InChI=1S/C5H14N2.2C2H6/c1-3-7-5(2)4-6;2*1-2/h5,7H,3-4,6H2,1-2H3;2*1-2H3. The van der Waals surface area contributed by atoms with Gasteiger partial charge in [0, 0.05) is 12.6 Å². The van der Waals surface area contributed by atoms with E-state index in [4.69, 9.17) is 5.73 Å². The van der Waals surface area contributed by atoms with Gasteiger partial charge >= 0.3 is 0 Å². The van der Waals surface area contributed by atoms with Crippen LogP contribution in [0.1, 0.15) is 41.5 Å². The van der Waals surface area contributed by atoms with Gasteiger partial charge in [0.1, 0.15) is 0 Å². The van der Waals surface area contributed by atoms with Crippen molar-refractivity contribution in [2.75, 3.05) is 13.1 Å². The van der Waals surface area contributed by atoms with Crippen LogP contribution in [0.5, 0.6) is 0 Å². The van der Waals surface area contributed by atoms with Gasteiger partial charge < -0.3 is 11.1 Å². The van der Waals surface area contributed by atoms with Gasteiger partial charge in [0.05, 0.1) is 0 Å². The second-order valence-corrected chi connectivity index (χ2v) is 1.69. The summed E-state index contributed by atoms with van der Waals surface area (Å²) in [6, 6.07) is 0.477. The van der Waals surface area contributed by atoms with Crippen LogP contribution in [0.25, 0.3) is 0 Å². The third-order valence-electron chi connectivity index (χ3n) is 0.906. The van der Waals surface area contributed by atoms with Gasteiger partial charge in [0.2, 0.25) is 0 Å². The monoisotopic (exact) mass is 162 g/mol. The lowest BCUT2D eigenvalue weighted by molar-refractivity contribution is 0.577. The predicted molar refractivity (Wildman–Crippen MR) is 54.9 cm³/mol.